The van der Waals surface area contributed by atoms with Gasteiger partial charge in [0.05, 0.1) is 27.0 Å². The zero-order valence-electron chi connectivity index (χ0n) is 19.6. The van der Waals surface area contributed by atoms with Gasteiger partial charge < -0.3 is 24.4 Å². The fourth-order valence-electron chi connectivity index (χ4n) is 4.37. The number of nitrogens with one attached hydrogen (secondary N) is 1. The number of rotatable bonds is 8. The van der Waals surface area contributed by atoms with Crippen molar-refractivity contribution in [1.82, 2.24) is 10.3 Å². The summed E-state index contributed by atoms with van der Waals surface area (Å²) in [4.78, 5) is 6.69. The predicted octanol–water partition coefficient (Wildman–Crippen LogP) is 4.81. The SMILES string of the molecule is COc1cc(-c2cc(CN(c3ccc(F)c(F)c3)C3CCNCC3)ccn2)cc(OC)c1OC. The fraction of sp³-hybridized carbons (Fsp3) is 0.346. The van der Waals surface area contributed by atoms with Gasteiger partial charge in [0.2, 0.25) is 5.75 Å². The van der Waals surface area contributed by atoms with E-state index in [1.165, 1.54) is 12.1 Å². The van der Waals surface area contributed by atoms with E-state index in [1.807, 2.05) is 24.3 Å². The van der Waals surface area contributed by atoms with Crippen molar-refractivity contribution < 1.29 is 23.0 Å². The average molecular weight is 470 g/mol. The van der Waals surface area contributed by atoms with Gasteiger partial charge in [0, 0.05) is 36.1 Å². The third kappa shape index (κ3) is 5.07. The Kier molecular flexibility index (Phi) is 7.47. The molecule has 0 saturated carbocycles. The first-order valence-corrected chi connectivity index (χ1v) is 11.2. The maximum atomic E-state index is 14.1. The standard InChI is InChI=1S/C26H29F2N3O3/c1-32-24-13-18(14-25(33-2)26(24)34-3)23-12-17(6-11-30-23)16-31(19-7-9-29-10-8-19)20-4-5-21(27)22(28)15-20/h4-6,11-15,19,29H,7-10,16H2,1-3H3. The highest BCUT2D eigenvalue weighted by Gasteiger charge is 2.23. The van der Waals surface area contributed by atoms with Gasteiger partial charge in [-0.2, -0.15) is 0 Å². The fourth-order valence-corrected chi connectivity index (χ4v) is 4.37. The molecule has 0 amide bonds. The summed E-state index contributed by atoms with van der Waals surface area (Å²) < 4.78 is 44.1. The molecule has 1 fully saturated rings. The van der Waals surface area contributed by atoms with Crippen LogP contribution in [0.3, 0.4) is 0 Å². The van der Waals surface area contributed by atoms with E-state index in [0.29, 0.717) is 29.5 Å². The third-order valence-corrected chi connectivity index (χ3v) is 6.12. The summed E-state index contributed by atoms with van der Waals surface area (Å²) in [7, 11) is 4.71. The second-order valence-corrected chi connectivity index (χ2v) is 8.17. The van der Waals surface area contributed by atoms with E-state index >= 15 is 0 Å². The lowest BCUT2D eigenvalue weighted by Gasteiger charge is -2.36. The monoisotopic (exact) mass is 469 g/mol. The van der Waals surface area contributed by atoms with Crippen LogP contribution in [0.15, 0.2) is 48.7 Å². The number of methoxy groups -OCH3 is 3. The van der Waals surface area contributed by atoms with Crippen LogP contribution in [-0.2, 0) is 6.54 Å². The van der Waals surface area contributed by atoms with Crippen LogP contribution < -0.4 is 24.4 Å². The largest absolute Gasteiger partial charge is 0.493 e. The van der Waals surface area contributed by atoms with E-state index < -0.39 is 11.6 Å². The smallest absolute Gasteiger partial charge is 0.203 e. The lowest BCUT2D eigenvalue weighted by Crippen LogP contribution is -2.43. The minimum atomic E-state index is -0.845. The first kappa shape index (κ1) is 23.8. The normalized spacial score (nSPS) is 14.0. The first-order valence-electron chi connectivity index (χ1n) is 11.2. The number of nitrogens with zero attached hydrogens (tertiary/aromatic N) is 2. The number of aromatic nitrogens is 1. The quantitative estimate of drug-likeness (QED) is 0.511. The molecule has 180 valence electrons. The van der Waals surface area contributed by atoms with Crippen LogP contribution in [0, 0.1) is 11.6 Å². The van der Waals surface area contributed by atoms with Gasteiger partial charge in [-0.25, -0.2) is 8.78 Å². The maximum absolute atomic E-state index is 14.1. The molecule has 8 heteroatoms. The number of ether oxygens (including phenoxy) is 3. The summed E-state index contributed by atoms with van der Waals surface area (Å²) in [5.74, 6) is -0.0865. The van der Waals surface area contributed by atoms with E-state index in [4.69, 9.17) is 14.2 Å². The number of hydrogen-bond donors (Lipinski definition) is 1. The van der Waals surface area contributed by atoms with E-state index in [0.717, 1.165) is 42.8 Å². The Morgan fingerprint density at radius 3 is 2.24 bits per heavy atom. The van der Waals surface area contributed by atoms with Gasteiger partial charge in [0.25, 0.3) is 0 Å². The second kappa shape index (κ2) is 10.7. The average Bonchev–Trinajstić information content (AvgIpc) is 2.88. The zero-order chi connectivity index (χ0) is 24.1. The molecule has 0 atom stereocenters. The van der Waals surface area contributed by atoms with Crippen LogP contribution in [0.25, 0.3) is 11.3 Å². The van der Waals surface area contributed by atoms with Crippen LogP contribution in [0.4, 0.5) is 14.5 Å². The topological polar surface area (TPSA) is 55.9 Å². The van der Waals surface area contributed by atoms with E-state index in [9.17, 15) is 8.78 Å². The summed E-state index contributed by atoms with van der Waals surface area (Å²) in [6, 6.07) is 12.0. The molecule has 1 aliphatic rings. The summed E-state index contributed by atoms with van der Waals surface area (Å²) in [6.07, 6.45) is 3.59. The molecule has 4 rings (SSSR count). The van der Waals surface area contributed by atoms with E-state index in [-0.39, 0.29) is 6.04 Å². The molecule has 0 aliphatic carbocycles. The number of piperidine rings is 1. The van der Waals surface area contributed by atoms with Crippen molar-refractivity contribution in [1.29, 1.82) is 0 Å². The summed E-state index contributed by atoms with van der Waals surface area (Å²) in [5, 5.41) is 3.36. The molecule has 0 unspecified atom stereocenters. The molecule has 0 bridgehead atoms. The van der Waals surface area contributed by atoms with E-state index in [2.05, 4.69) is 15.2 Å². The van der Waals surface area contributed by atoms with Crippen molar-refractivity contribution in [3.8, 4) is 28.5 Å². The Bertz CT molecular complexity index is 1110. The van der Waals surface area contributed by atoms with Gasteiger partial charge >= 0.3 is 0 Å². The Balaban J connectivity index is 1.68. The molecule has 1 aliphatic heterocycles. The van der Waals surface area contributed by atoms with Gasteiger partial charge in [-0.05, 0) is 67.9 Å². The van der Waals surface area contributed by atoms with E-state index in [1.54, 1.807) is 33.6 Å². The molecule has 3 aromatic rings. The molecule has 1 N–H and O–H groups in total. The number of benzene rings is 2. The van der Waals surface area contributed by atoms with Crippen molar-refractivity contribution in [2.45, 2.75) is 25.4 Å². The summed E-state index contributed by atoms with van der Waals surface area (Å²) >= 11 is 0. The Morgan fingerprint density at radius 2 is 1.62 bits per heavy atom. The highest BCUT2D eigenvalue weighted by molar-refractivity contribution is 5.69. The molecular formula is C26H29F2N3O3. The summed E-state index contributed by atoms with van der Waals surface area (Å²) in [6.45, 7) is 2.31. The van der Waals surface area contributed by atoms with Crippen LogP contribution in [-0.4, -0.2) is 45.4 Å². The number of hydrogen-bond acceptors (Lipinski definition) is 6. The van der Waals surface area contributed by atoms with Crippen molar-refractivity contribution in [2.75, 3.05) is 39.3 Å². The maximum Gasteiger partial charge on any atom is 0.203 e. The molecule has 34 heavy (non-hydrogen) atoms. The third-order valence-electron chi connectivity index (χ3n) is 6.12. The summed E-state index contributed by atoms with van der Waals surface area (Å²) in [5.41, 5.74) is 3.23. The molecule has 1 saturated heterocycles. The number of anilines is 1. The molecule has 2 aromatic carbocycles. The molecule has 2 heterocycles. The van der Waals surface area contributed by atoms with Crippen LogP contribution in [0.1, 0.15) is 18.4 Å². The Labute approximate surface area is 198 Å². The number of pyridine rings is 1. The van der Waals surface area contributed by atoms with Crippen molar-refractivity contribution >= 4 is 5.69 Å². The predicted molar refractivity (Wildman–Crippen MR) is 128 cm³/mol. The van der Waals surface area contributed by atoms with Crippen molar-refractivity contribution in [3.05, 3.63) is 65.9 Å². The molecule has 1 aromatic heterocycles. The highest BCUT2D eigenvalue weighted by atomic mass is 19.2. The van der Waals surface area contributed by atoms with Gasteiger partial charge in [-0.3, -0.25) is 4.98 Å². The molecule has 0 radical (unpaired) electrons. The van der Waals surface area contributed by atoms with Crippen molar-refractivity contribution in [2.24, 2.45) is 0 Å². The molecule has 0 spiro atoms. The lowest BCUT2D eigenvalue weighted by atomic mass is 10.0. The lowest BCUT2D eigenvalue weighted by molar-refractivity contribution is 0.324. The second-order valence-electron chi connectivity index (χ2n) is 8.17. The van der Waals surface area contributed by atoms with Crippen LogP contribution >= 0.6 is 0 Å². The van der Waals surface area contributed by atoms with Gasteiger partial charge in [0.1, 0.15) is 0 Å². The molecule has 6 nitrogen and oxygen atoms in total. The van der Waals surface area contributed by atoms with Crippen molar-refractivity contribution in [3.63, 3.8) is 0 Å². The van der Waals surface area contributed by atoms with Crippen LogP contribution in [0.5, 0.6) is 17.2 Å². The first-order chi connectivity index (χ1) is 16.5. The van der Waals surface area contributed by atoms with Gasteiger partial charge in [0.15, 0.2) is 23.1 Å². The number of halogens is 2. The minimum absolute atomic E-state index is 0.212. The zero-order valence-corrected chi connectivity index (χ0v) is 19.6. The Morgan fingerprint density at radius 1 is 0.912 bits per heavy atom. The minimum Gasteiger partial charge on any atom is -0.493 e. The van der Waals surface area contributed by atoms with Crippen LogP contribution in [0.2, 0.25) is 0 Å². The highest BCUT2D eigenvalue weighted by Crippen LogP contribution is 2.41. The Hall–Kier alpha value is -3.39. The van der Waals surface area contributed by atoms with Gasteiger partial charge in [-0.15, -0.1) is 0 Å². The van der Waals surface area contributed by atoms with Gasteiger partial charge in [-0.1, -0.05) is 0 Å². The molecular weight excluding hydrogens is 440 g/mol.